The Bertz CT molecular complexity index is 532. The Balaban J connectivity index is 2.04. The fraction of sp³-hybridized carbons (Fsp3) is 0.429. The van der Waals surface area contributed by atoms with Crippen molar-refractivity contribution in [3.63, 3.8) is 0 Å². The first-order valence-corrected chi connectivity index (χ1v) is 7.17. The lowest BCUT2D eigenvalue weighted by Gasteiger charge is -2.14. The minimum atomic E-state index is -0.788. The Hall–Kier alpha value is -1.56. The largest absolute Gasteiger partial charge is 0.497 e. The lowest BCUT2D eigenvalue weighted by molar-refractivity contribution is -0.141. The lowest BCUT2D eigenvalue weighted by atomic mass is 10.1. The van der Waals surface area contributed by atoms with Crippen LogP contribution in [-0.4, -0.2) is 30.1 Å². The summed E-state index contributed by atoms with van der Waals surface area (Å²) in [5.41, 5.74) is 0.489. The fourth-order valence-electron chi connectivity index (χ4n) is 2.41. The van der Waals surface area contributed by atoms with Gasteiger partial charge in [0.1, 0.15) is 5.75 Å². The van der Waals surface area contributed by atoms with Crippen molar-refractivity contribution in [2.75, 3.05) is 7.11 Å². The highest BCUT2D eigenvalue weighted by atomic mass is 79.9. The van der Waals surface area contributed by atoms with Gasteiger partial charge in [-0.15, -0.1) is 0 Å². The minimum absolute atomic E-state index is 0.0818. The number of hydrogen-bond donors (Lipinski definition) is 2. The molecule has 0 heterocycles. The second kappa shape index (κ2) is 6.26. The zero-order chi connectivity index (χ0) is 14.7. The second-order valence-electron chi connectivity index (χ2n) is 4.86. The average molecular weight is 342 g/mol. The van der Waals surface area contributed by atoms with E-state index in [1.54, 1.807) is 25.3 Å². The Morgan fingerprint density at radius 3 is 2.75 bits per heavy atom. The van der Waals surface area contributed by atoms with Gasteiger partial charge in [-0.05, 0) is 53.4 Å². The standard InChI is InChI=1S/C14H16BrNO4/c1-20-10-4-5-12(15)11(7-10)13(17)16-9-3-2-8(6-9)14(18)19/h4-5,7-9H,2-3,6H2,1H3,(H,16,17)(H,18,19)/t8-,9+/m1/s1. The smallest absolute Gasteiger partial charge is 0.306 e. The van der Waals surface area contributed by atoms with Crippen molar-refractivity contribution in [2.24, 2.45) is 5.92 Å². The molecule has 0 saturated heterocycles. The normalized spacial score (nSPS) is 21.5. The summed E-state index contributed by atoms with van der Waals surface area (Å²) in [4.78, 5) is 23.1. The van der Waals surface area contributed by atoms with Crippen LogP contribution in [0.5, 0.6) is 5.75 Å². The highest BCUT2D eigenvalue weighted by molar-refractivity contribution is 9.10. The molecular weight excluding hydrogens is 326 g/mol. The first kappa shape index (κ1) is 14.8. The first-order chi connectivity index (χ1) is 9.51. The van der Waals surface area contributed by atoms with Crippen LogP contribution in [0.4, 0.5) is 0 Å². The molecule has 1 fully saturated rings. The number of carboxylic acids is 1. The van der Waals surface area contributed by atoms with Crippen LogP contribution >= 0.6 is 15.9 Å². The molecule has 1 aromatic carbocycles. The molecule has 2 N–H and O–H groups in total. The zero-order valence-corrected chi connectivity index (χ0v) is 12.6. The molecule has 1 aliphatic rings. The van der Waals surface area contributed by atoms with Crippen molar-refractivity contribution in [3.05, 3.63) is 28.2 Å². The van der Waals surface area contributed by atoms with Crippen molar-refractivity contribution < 1.29 is 19.4 Å². The maximum Gasteiger partial charge on any atom is 0.306 e. The number of rotatable bonds is 4. The Morgan fingerprint density at radius 2 is 2.15 bits per heavy atom. The third kappa shape index (κ3) is 3.30. The lowest BCUT2D eigenvalue weighted by Crippen LogP contribution is -2.33. The molecule has 2 rings (SSSR count). The number of amides is 1. The molecule has 1 aromatic rings. The van der Waals surface area contributed by atoms with E-state index in [-0.39, 0.29) is 17.9 Å². The van der Waals surface area contributed by atoms with Crippen molar-refractivity contribution >= 4 is 27.8 Å². The maximum atomic E-state index is 12.2. The van der Waals surface area contributed by atoms with E-state index in [2.05, 4.69) is 21.2 Å². The number of nitrogens with one attached hydrogen (secondary N) is 1. The van der Waals surface area contributed by atoms with Gasteiger partial charge in [0.2, 0.25) is 0 Å². The molecule has 0 bridgehead atoms. The summed E-state index contributed by atoms with van der Waals surface area (Å²) in [7, 11) is 1.54. The van der Waals surface area contributed by atoms with Gasteiger partial charge in [0, 0.05) is 10.5 Å². The summed E-state index contributed by atoms with van der Waals surface area (Å²) in [5.74, 6) is -0.752. The molecule has 0 radical (unpaired) electrons. The van der Waals surface area contributed by atoms with Crippen molar-refractivity contribution in [2.45, 2.75) is 25.3 Å². The van der Waals surface area contributed by atoms with Gasteiger partial charge in [-0.25, -0.2) is 0 Å². The third-order valence-electron chi connectivity index (χ3n) is 3.54. The summed E-state index contributed by atoms with van der Waals surface area (Å²) in [5, 5.41) is 11.8. The molecule has 0 aliphatic heterocycles. The van der Waals surface area contributed by atoms with E-state index in [1.807, 2.05) is 0 Å². The first-order valence-electron chi connectivity index (χ1n) is 6.38. The van der Waals surface area contributed by atoms with Crippen LogP contribution in [0.1, 0.15) is 29.6 Å². The van der Waals surface area contributed by atoms with Crippen LogP contribution in [-0.2, 0) is 4.79 Å². The van der Waals surface area contributed by atoms with Gasteiger partial charge >= 0.3 is 5.97 Å². The molecule has 0 spiro atoms. The number of benzene rings is 1. The van der Waals surface area contributed by atoms with Gasteiger partial charge in [0.25, 0.3) is 5.91 Å². The van der Waals surface area contributed by atoms with E-state index in [1.165, 1.54) is 0 Å². The van der Waals surface area contributed by atoms with Crippen molar-refractivity contribution in [1.82, 2.24) is 5.32 Å². The molecular formula is C14H16BrNO4. The fourth-order valence-corrected chi connectivity index (χ4v) is 2.83. The van der Waals surface area contributed by atoms with E-state index < -0.39 is 5.97 Å². The number of aliphatic carboxylic acids is 1. The van der Waals surface area contributed by atoms with E-state index in [0.717, 1.165) is 0 Å². The number of methoxy groups -OCH3 is 1. The summed E-state index contributed by atoms with van der Waals surface area (Å²) in [6.07, 6.45) is 1.80. The molecule has 108 valence electrons. The van der Waals surface area contributed by atoms with E-state index in [0.29, 0.717) is 35.0 Å². The number of ether oxygens (including phenoxy) is 1. The summed E-state index contributed by atoms with van der Waals surface area (Å²) < 4.78 is 5.78. The van der Waals surface area contributed by atoms with Gasteiger partial charge in [-0.1, -0.05) is 0 Å². The van der Waals surface area contributed by atoms with E-state index in [4.69, 9.17) is 9.84 Å². The van der Waals surface area contributed by atoms with E-state index in [9.17, 15) is 9.59 Å². The van der Waals surface area contributed by atoms with Crippen LogP contribution in [0, 0.1) is 5.92 Å². The molecule has 20 heavy (non-hydrogen) atoms. The van der Waals surface area contributed by atoms with Crippen molar-refractivity contribution in [3.8, 4) is 5.75 Å². The molecule has 0 unspecified atom stereocenters. The van der Waals surface area contributed by atoms with Crippen LogP contribution in [0.15, 0.2) is 22.7 Å². The molecule has 2 atom stereocenters. The number of carboxylic acid groups (broad SMARTS) is 1. The Kier molecular flexibility index (Phi) is 4.65. The number of hydrogen-bond acceptors (Lipinski definition) is 3. The molecule has 6 heteroatoms. The average Bonchev–Trinajstić information content (AvgIpc) is 2.88. The van der Waals surface area contributed by atoms with Crippen LogP contribution < -0.4 is 10.1 Å². The van der Waals surface area contributed by atoms with E-state index >= 15 is 0 Å². The molecule has 1 saturated carbocycles. The topological polar surface area (TPSA) is 75.6 Å². The quantitative estimate of drug-likeness (QED) is 0.881. The monoisotopic (exact) mass is 341 g/mol. The number of carbonyl (C=O) groups is 2. The van der Waals surface area contributed by atoms with Gasteiger partial charge in [-0.2, -0.15) is 0 Å². The number of halogens is 1. The Morgan fingerprint density at radius 1 is 1.40 bits per heavy atom. The Labute approximate surface area is 125 Å². The molecule has 5 nitrogen and oxygen atoms in total. The van der Waals surface area contributed by atoms with Gasteiger partial charge in [0.15, 0.2) is 0 Å². The van der Waals surface area contributed by atoms with Crippen LogP contribution in [0.2, 0.25) is 0 Å². The highest BCUT2D eigenvalue weighted by Crippen LogP contribution is 2.27. The molecule has 1 aliphatic carbocycles. The zero-order valence-electron chi connectivity index (χ0n) is 11.1. The minimum Gasteiger partial charge on any atom is -0.497 e. The summed E-state index contributed by atoms with van der Waals surface area (Å²) >= 11 is 3.33. The molecule has 1 amide bonds. The predicted molar refractivity (Wildman–Crippen MR) is 76.9 cm³/mol. The SMILES string of the molecule is COc1ccc(Br)c(C(=O)N[C@H]2CC[C@@H](C(=O)O)C2)c1. The van der Waals surface area contributed by atoms with Gasteiger partial charge < -0.3 is 15.2 Å². The second-order valence-corrected chi connectivity index (χ2v) is 5.72. The molecule has 0 aromatic heterocycles. The van der Waals surface area contributed by atoms with Crippen molar-refractivity contribution in [1.29, 1.82) is 0 Å². The highest BCUT2D eigenvalue weighted by Gasteiger charge is 2.30. The third-order valence-corrected chi connectivity index (χ3v) is 4.23. The maximum absolute atomic E-state index is 12.2. The van der Waals surface area contributed by atoms with Gasteiger partial charge in [-0.3, -0.25) is 9.59 Å². The predicted octanol–water partition coefficient (Wildman–Crippen LogP) is 2.44. The van der Waals surface area contributed by atoms with Crippen LogP contribution in [0.25, 0.3) is 0 Å². The number of carbonyl (C=O) groups excluding carboxylic acids is 1. The van der Waals surface area contributed by atoms with Gasteiger partial charge in [0.05, 0.1) is 18.6 Å². The van der Waals surface area contributed by atoms with Crippen LogP contribution in [0.3, 0.4) is 0 Å². The summed E-state index contributed by atoms with van der Waals surface area (Å²) in [6, 6.07) is 5.09. The summed E-state index contributed by atoms with van der Waals surface area (Å²) in [6.45, 7) is 0.